The molecule has 8 heteroatoms. The number of hydrogen-bond acceptors (Lipinski definition) is 2. The molecule has 1 aromatic rings. The van der Waals surface area contributed by atoms with Crippen LogP contribution in [0, 0.1) is 11.7 Å². The van der Waals surface area contributed by atoms with Gasteiger partial charge in [0.2, 0.25) is 0 Å². The van der Waals surface area contributed by atoms with Gasteiger partial charge in [-0.05, 0) is 12.1 Å². The quantitative estimate of drug-likeness (QED) is 0.865. The fourth-order valence-corrected chi connectivity index (χ4v) is 1.22. The number of ether oxygens (including phenoxy) is 1. The van der Waals surface area contributed by atoms with Crippen LogP contribution >= 0.6 is 11.6 Å². The summed E-state index contributed by atoms with van der Waals surface area (Å²) in [5, 5.41) is 8.07. The molecule has 0 bridgehead atoms. The average Bonchev–Trinajstić information content (AvgIpc) is 2.21. The standard InChI is InChI=1S/C10H7ClF4O3/c11-7-3-5(1-2-8(7)12)18-4-6(9(16)17)10(13,14)15/h1-3,6H,4H2,(H,16,17). The lowest BCUT2D eigenvalue weighted by Crippen LogP contribution is -2.35. The Morgan fingerprint density at radius 3 is 2.50 bits per heavy atom. The zero-order valence-corrected chi connectivity index (χ0v) is 9.43. The van der Waals surface area contributed by atoms with E-state index in [1.54, 1.807) is 0 Å². The molecule has 3 nitrogen and oxygen atoms in total. The lowest BCUT2D eigenvalue weighted by atomic mass is 10.1. The van der Waals surface area contributed by atoms with Crippen molar-refractivity contribution in [3.05, 3.63) is 29.0 Å². The summed E-state index contributed by atoms with van der Waals surface area (Å²) in [7, 11) is 0. The molecule has 1 atom stereocenters. The average molecular weight is 287 g/mol. The van der Waals surface area contributed by atoms with Gasteiger partial charge in [-0.15, -0.1) is 0 Å². The Morgan fingerprint density at radius 2 is 2.06 bits per heavy atom. The molecule has 0 fully saturated rings. The Hall–Kier alpha value is -1.50. The Kier molecular flexibility index (Phi) is 4.39. The number of hydrogen-bond donors (Lipinski definition) is 1. The van der Waals surface area contributed by atoms with E-state index in [1.807, 2.05) is 0 Å². The SMILES string of the molecule is O=C(O)C(COc1ccc(F)c(Cl)c1)C(F)(F)F. The van der Waals surface area contributed by atoms with Crippen LogP contribution in [0.25, 0.3) is 0 Å². The zero-order valence-electron chi connectivity index (χ0n) is 8.67. The highest BCUT2D eigenvalue weighted by Gasteiger charge is 2.45. The molecular formula is C10H7ClF4O3. The van der Waals surface area contributed by atoms with Crippen LogP contribution in [-0.4, -0.2) is 23.9 Å². The molecule has 100 valence electrons. The van der Waals surface area contributed by atoms with Gasteiger partial charge in [0, 0.05) is 6.07 Å². The number of alkyl halides is 3. The Labute approximate surface area is 104 Å². The van der Waals surface area contributed by atoms with Gasteiger partial charge in [0.1, 0.15) is 18.2 Å². The summed E-state index contributed by atoms with van der Waals surface area (Å²) in [6.45, 7) is -1.11. The molecule has 0 heterocycles. The maximum atomic E-state index is 12.8. The van der Waals surface area contributed by atoms with Crippen molar-refractivity contribution in [2.75, 3.05) is 6.61 Å². The van der Waals surface area contributed by atoms with Gasteiger partial charge in [0.15, 0.2) is 5.92 Å². The molecule has 1 unspecified atom stereocenters. The minimum atomic E-state index is -4.92. The summed E-state index contributed by atoms with van der Waals surface area (Å²) in [4.78, 5) is 10.4. The van der Waals surface area contributed by atoms with E-state index in [1.165, 1.54) is 0 Å². The van der Waals surface area contributed by atoms with E-state index in [-0.39, 0.29) is 10.8 Å². The first-order chi connectivity index (χ1) is 8.21. The normalized spacial score (nSPS) is 13.2. The molecule has 0 spiro atoms. The van der Waals surface area contributed by atoms with Crippen molar-refractivity contribution < 1.29 is 32.2 Å². The van der Waals surface area contributed by atoms with Gasteiger partial charge in [-0.1, -0.05) is 11.6 Å². The van der Waals surface area contributed by atoms with E-state index < -0.39 is 30.5 Å². The van der Waals surface area contributed by atoms with Crippen LogP contribution in [-0.2, 0) is 4.79 Å². The molecular weight excluding hydrogens is 280 g/mol. The molecule has 18 heavy (non-hydrogen) atoms. The van der Waals surface area contributed by atoms with Crippen molar-refractivity contribution in [3.63, 3.8) is 0 Å². The number of carboxylic acid groups (broad SMARTS) is 1. The van der Waals surface area contributed by atoms with Crippen LogP contribution in [0.3, 0.4) is 0 Å². The summed E-state index contributed by atoms with van der Waals surface area (Å²) < 4.78 is 54.2. The molecule has 0 aliphatic heterocycles. The second kappa shape index (κ2) is 5.43. The van der Waals surface area contributed by atoms with Crippen molar-refractivity contribution in [1.29, 1.82) is 0 Å². The third kappa shape index (κ3) is 3.76. The Balaban J connectivity index is 2.73. The molecule has 0 saturated carbocycles. The van der Waals surface area contributed by atoms with Crippen molar-refractivity contribution in [2.24, 2.45) is 5.92 Å². The number of rotatable bonds is 4. The lowest BCUT2D eigenvalue weighted by Gasteiger charge is -2.16. The van der Waals surface area contributed by atoms with Crippen LogP contribution in [0.4, 0.5) is 17.6 Å². The molecule has 1 aromatic carbocycles. The second-order valence-corrected chi connectivity index (χ2v) is 3.73. The highest BCUT2D eigenvalue weighted by Crippen LogP contribution is 2.28. The van der Waals surface area contributed by atoms with Crippen LogP contribution in [0.2, 0.25) is 5.02 Å². The molecule has 0 aliphatic carbocycles. The summed E-state index contributed by atoms with van der Waals surface area (Å²) >= 11 is 5.39. The van der Waals surface area contributed by atoms with E-state index in [9.17, 15) is 22.4 Å². The minimum Gasteiger partial charge on any atom is -0.492 e. The lowest BCUT2D eigenvalue weighted by molar-refractivity contribution is -0.198. The summed E-state index contributed by atoms with van der Waals surface area (Å²) in [5.74, 6) is -5.59. The predicted octanol–water partition coefficient (Wildman–Crippen LogP) is 3.12. The molecule has 0 saturated heterocycles. The number of halogens is 5. The van der Waals surface area contributed by atoms with E-state index >= 15 is 0 Å². The van der Waals surface area contributed by atoms with E-state index in [0.29, 0.717) is 0 Å². The zero-order chi connectivity index (χ0) is 13.9. The number of carboxylic acids is 1. The van der Waals surface area contributed by atoms with Crippen LogP contribution in [0.5, 0.6) is 5.75 Å². The summed E-state index contributed by atoms with van der Waals surface area (Å²) in [5.41, 5.74) is 0. The number of carbonyl (C=O) groups is 1. The molecule has 0 aliphatic rings. The number of benzene rings is 1. The molecule has 0 aromatic heterocycles. The third-order valence-electron chi connectivity index (χ3n) is 2.00. The Bertz CT molecular complexity index is 447. The fourth-order valence-electron chi connectivity index (χ4n) is 1.05. The molecule has 1 N–H and O–H groups in total. The van der Waals surface area contributed by atoms with Crippen LogP contribution in [0.15, 0.2) is 18.2 Å². The van der Waals surface area contributed by atoms with Gasteiger partial charge in [-0.25, -0.2) is 4.39 Å². The van der Waals surface area contributed by atoms with E-state index in [2.05, 4.69) is 4.74 Å². The first-order valence-electron chi connectivity index (χ1n) is 4.59. The monoisotopic (exact) mass is 286 g/mol. The van der Waals surface area contributed by atoms with Crippen molar-refractivity contribution in [2.45, 2.75) is 6.18 Å². The predicted molar refractivity (Wildman–Crippen MR) is 54.1 cm³/mol. The molecule has 0 amide bonds. The Morgan fingerprint density at radius 1 is 1.44 bits per heavy atom. The summed E-state index contributed by atoms with van der Waals surface area (Å²) in [6, 6.07) is 2.92. The van der Waals surface area contributed by atoms with Crippen LogP contribution in [0.1, 0.15) is 0 Å². The van der Waals surface area contributed by atoms with Crippen LogP contribution < -0.4 is 4.74 Å². The maximum absolute atomic E-state index is 12.8. The van der Waals surface area contributed by atoms with Gasteiger partial charge >= 0.3 is 12.1 Å². The molecule has 0 radical (unpaired) electrons. The van der Waals surface area contributed by atoms with Gasteiger partial charge in [0.05, 0.1) is 5.02 Å². The summed E-state index contributed by atoms with van der Waals surface area (Å²) in [6.07, 6.45) is -4.92. The van der Waals surface area contributed by atoms with Gasteiger partial charge in [-0.2, -0.15) is 13.2 Å². The van der Waals surface area contributed by atoms with Gasteiger partial charge in [0.25, 0.3) is 0 Å². The highest BCUT2D eigenvalue weighted by molar-refractivity contribution is 6.30. The first kappa shape index (κ1) is 14.6. The third-order valence-corrected chi connectivity index (χ3v) is 2.29. The topological polar surface area (TPSA) is 46.5 Å². The maximum Gasteiger partial charge on any atom is 0.405 e. The minimum absolute atomic E-state index is 0.142. The van der Waals surface area contributed by atoms with E-state index in [4.69, 9.17) is 16.7 Å². The largest absolute Gasteiger partial charge is 0.492 e. The highest BCUT2D eigenvalue weighted by atomic mass is 35.5. The smallest absolute Gasteiger partial charge is 0.405 e. The van der Waals surface area contributed by atoms with Crippen molar-refractivity contribution >= 4 is 17.6 Å². The fraction of sp³-hybridized carbons (Fsp3) is 0.300. The second-order valence-electron chi connectivity index (χ2n) is 3.32. The van der Waals surface area contributed by atoms with Gasteiger partial charge in [-0.3, -0.25) is 4.79 Å². The van der Waals surface area contributed by atoms with E-state index in [0.717, 1.165) is 18.2 Å². The van der Waals surface area contributed by atoms with Gasteiger partial charge < -0.3 is 9.84 Å². The molecule has 1 rings (SSSR count). The first-order valence-corrected chi connectivity index (χ1v) is 4.97. The van der Waals surface area contributed by atoms with Crippen molar-refractivity contribution in [1.82, 2.24) is 0 Å². The van der Waals surface area contributed by atoms with Crippen molar-refractivity contribution in [3.8, 4) is 5.75 Å². The number of aliphatic carboxylic acids is 1.